The van der Waals surface area contributed by atoms with E-state index in [0.29, 0.717) is 19.3 Å². The zero-order valence-corrected chi connectivity index (χ0v) is 19.2. The van der Waals surface area contributed by atoms with E-state index in [1.54, 1.807) is 0 Å². The minimum atomic E-state index is -0.778. The van der Waals surface area contributed by atoms with E-state index < -0.39 is 17.3 Å². The second kappa shape index (κ2) is 9.34. The number of carbonyl (C=O) groups is 2. The van der Waals surface area contributed by atoms with Crippen LogP contribution in [0.25, 0.3) is 0 Å². The van der Waals surface area contributed by atoms with E-state index in [9.17, 15) is 14.7 Å². The van der Waals surface area contributed by atoms with Crippen LogP contribution in [0.5, 0.6) is 0 Å². The van der Waals surface area contributed by atoms with Crippen molar-refractivity contribution in [1.29, 1.82) is 0 Å². The Kier molecular flexibility index (Phi) is 7.77. The molecule has 0 spiro atoms. The summed E-state index contributed by atoms with van der Waals surface area (Å²) in [6.45, 7) is 13.5. The van der Waals surface area contributed by atoms with E-state index in [2.05, 4.69) is 0 Å². The number of fused-ring (bicyclic) bond motifs is 1. The van der Waals surface area contributed by atoms with Gasteiger partial charge in [0.05, 0.1) is 11.3 Å². The Balaban J connectivity index is 2.03. The van der Waals surface area contributed by atoms with E-state index in [1.165, 1.54) is 0 Å². The van der Waals surface area contributed by atoms with Crippen LogP contribution in [0.2, 0.25) is 0 Å². The van der Waals surface area contributed by atoms with Crippen LogP contribution in [0.4, 0.5) is 0 Å². The molecule has 1 saturated carbocycles. The predicted molar refractivity (Wildman–Crippen MR) is 110 cm³/mol. The molecule has 0 aromatic heterocycles. The van der Waals surface area contributed by atoms with E-state index in [4.69, 9.17) is 14.2 Å². The molecule has 2 aliphatic rings. The number of carbonyl (C=O) groups excluding carboxylic acids is 2. The quantitative estimate of drug-likeness (QED) is 0.571. The molecule has 2 rings (SSSR count). The zero-order chi connectivity index (χ0) is 22.0. The van der Waals surface area contributed by atoms with Crippen molar-refractivity contribution in [2.45, 2.75) is 111 Å². The summed E-state index contributed by atoms with van der Waals surface area (Å²) in [4.78, 5) is 24.9. The smallest absolute Gasteiger partial charge is 0.311 e. The molecule has 0 aromatic carbocycles. The third-order valence-electron chi connectivity index (χ3n) is 6.87. The maximum atomic E-state index is 12.7. The number of rotatable bonds is 9. The van der Waals surface area contributed by atoms with Gasteiger partial charge in [0.15, 0.2) is 6.29 Å². The molecule has 1 aliphatic carbocycles. The van der Waals surface area contributed by atoms with Gasteiger partial charge in [-0.15, -0.1) is 0 Å². The summed E-state index contributed by atoms with van der Waals surface area (Å²) >= 11 is 0. The Labute approximate surface area is 175 Å². The van der Waals surface area contributed by atoms with Crippen LogP contribution in [-0.4, -0.2) is 41.1 Å². The van der Waals surface area contributed by atoms with Gasteiger partial charge in [-0.2, -0.15) is 0 Å². The summed E-state index contributed by atoms with van der Waals surface area (Å²) < 4.78 is 17.4. The Hall–Kier alpha value is -1.14. The first-order valence-electron chi connectivity index (χ1n) is 11.2. The topological polar surface area (TPSA) is 82.1 Å². The first kappa shape index (κ1) is 24.1. The van der Waals surface area contributed by atoms with Crippen molar-refractivity contribution in [3.05, 3.63) is 0 Å². The molecule has 6 atom stereocenters. The molecule has 0 amide bonds. The molecule has 0 radical (unpaired) electrons. The third-order valence-corrected chi connectivity index (χ3v) is 6.87. The van der Waals surface area contributed by atoms with Crippen LogP contribution in [0.1, 0.15) is 87.0 Å². The van der Waals surface area contributed by atoms with Gasteiger partial charge in [-0.25, -0.2) is 0 Å². The Morgan fingerprint density at radius 3 is 2.41 bits per heavy atom. The highest BCUT2D eigenvalue weighted by atomic mass is 16.6. The maximum absolute atomic E-state index is 12.7. The molecule has 0 bridgehead atoms. The zero-order valence-electron chi connectivity index (χ0n) is 19.2. The molecule has 1 N–H and O–H groups in total. The number of hydrogen-bond acceptors (Lipinski definition) is 6. The fraction of sp³-hybridized carbons (Fsp3) is 0.913. The molecule has 0 aromatic rings. The lowest BCUT2D eigenvalue weighted by Crippen LogP contribution is -2.39. The standard InChI is InChI=1S/C23H40O6/c1-8-14(3)20(25)29-23(6,7)11-10-15-12-16-13-17(24)27-19(16)18(15)28-21(26)22(4,5)9-2/h14-19,24H,8-13H2,1-7H3. The first-order chi connectivity index (χ1) is 13.4. The average Bonchev–Trinajstić information content (AvgIpc) is 3.15. The SMILES string of the molecule is CCC(C)C(=O)OC(C)(C)CCC1CC2CC(O)OC2C1OC(=O)C(C)(C)CC. The van der Waals surface area contributed by atoms with Gasteiger partial charge in [0.1, 0.15) is 17.8 Å². The lowest BCUT2D eigenvalue weighted by Gasteiger charge is -2.31. The highest BCUT2D eigenvalue weighted by molar-refractivity contribution is 5.76. The Morgan fingerprint density at radius 2 is 1.83 bits per heavy atom. The average molecular weight is 413 g/mol. The number of aliphatic hydroxyl groups excluding tert-OH is 1. The van der Waals surface area contributed by atoms with Crippen molar-refractivity contribution in [2.24, 2.45) is 23.2 Å². The normalized spacial score (nSPS) is 30.7. The van der Waals surface area contributed by atoms with Gasteiger partial charge >= 0.3 is 11.9 Å². The van der Waals surface area contributed by atoms with Gasteiger partial charge in [-0.05, 0) is 71.6 Å². The van der Waals surface area contributed by atoms with Crippen LogP contribution >= 0.6 is 0 Å². The molecule has 1 saturated heterocycles. The summed E-state index contributed by atoms with van der Waals surface area (Å²) in [6, 6.07) is 0. The van der Waals surface area contributed by atoms with E-state index >= 15 is 0 Å². The molecule has 6 heteroatoms. The van der Waals surface area contributed by atoms with Crippen molar-refractivity contribution in [3.63, 3.8) is 0 Å². The molecule has 29 heavy (non-hydrogen) atoms. The number of aliphatic hydroxyl groups is 1. The molecule has 6 unspecified atom stereocenters. The minimum Gasteiger partial charge on any atom is -0.459 e. The second-order valence-electron chi connectivity index (χ2n) is 10.2. The molecule has 6 nitrogen and oxygen atoms in total. The largest absolute Gasteiger partial charge is 0.459 e. The second-order valence-corrected chi connectivity index (χ2v) is 10.2. The van der Waals surface area contributed by atoms with Crippen LogP contribution in [0.3, 0.4) is 0 Å². The van der Waals surface area contributed by atoms with Gasteiger partial charge in [-0.3, -0.25) is 9.59 Å². The Morgan fingerprint density at radius 1 is 1.17 bits per heavy atom. The predicted octanol–water partition coefficient (Wildman–Crippen LogP) is 4.23. The molecule has 1 aliphatic heterocycles. The van der Waals surface area contributed by atoms with Gasteiger partial charge in [0.25, 0.3) is 0 Å². The molecule has 168 valence electrons. The minimum absolute atomic E-state index is 0.111. The summed E-state index contributed by atoms with van der Waals surface area (Å²) in [6.07, 6.45) is 2.95. The molecule has 2 fully saturated rings. The summed E-state index contributed by atoms with van der Waals surface area (Å²) in [5.74, 6) is -0.165. The van der Waals surface area contributed by atoms with E-state index in [1.807, 2.05) is 48.5 Å². The van der Waals surface area contributed by atoms with E-state index in [0.717, 1.165) is 19.3 Å². The molecule has 1 heterocycles. The number of esters is 2. The van der Waals surface area contributed by atoms with Crippen LogP contribution in [0, 0.1) is 23.2 Å². The molecular weight excluding hydrogens is 372 g/mol. The summed E-state index contributed by atoms with van der Waals surface area (Å²) in [5.41, 5.74) is -1.12. The lowest BCUT2D eigenvalue weighted by molar-refractivity contribution is -0.178. The number of hydrogen-bond donors (Lipinski definition) is 1. The first-order valence-corrected chi connectivity index (χ1v) is 11.2. The Bertz CT molecular complexity index is 584. The van der Waals surface area contributed by atoms with Crippen molar-refractivity contribution in [2.75, 3.05) is 0 Å². The lowest BCUT2D eigenvalue weighted by atomic mass is 9.89. The van der Waals surface area contributed by atoms with Crippen molar-refractivity contribution in [3.8, 4) is 0 Å². The van der Waals surface area contributed by atoms with Gasteiger partial charge in [0.2, 0.25) is 0 Å². The van der Waals surface area contributed by atoms with Crippen molar-refractivity contribution in [1.82, 2.24) is 0 Å². The summed E-state index contributed by atoms with van der Waals surface area (Å²) in [7, 11) is 0. The highest BCUT2D eigenvalue weighted by Crippen LogP contribution is 2.46. The van der Waals surface area contributed by atoms with Crippen molar-refractivity contribution < 1.29 is 28.9 Å². The maximum Gasteiger partial charge on any atom is 0.311 e. The van der Waals surface area contributed by atoms with E-state index in [-0.39, 0.29) is 41.9 Å². The van der Waals surface area contributed by atoms with Crippen LogP contribution < -0.4 is 0 Å². The van der Waals surface area contributed by atoms with Gasteiger partial charge in [-0.1, -0.05) is 20.8 Å². The van der Waals surface area contributed by atoms with Gasteiger partial charge < -0.3 is 19.3 Å². The fourth-order valence-electron chi connectivity index (χ4n) is 4.10. The third kappa shape index (κ3) is 5.94. The fourth-order valence-corrected chi connectivity index (χ4v) is 4.10. The van der Waals surface area contributed by atoms with Crippen LogP contribution in [-0.2, 0) is 23.8 Å². The summed E-state index contributed by atoms with van der Waals surface area (Å²) in [5, 5.41) is 9.89. The monoisotopic (exact) mass is 412 g/mol. The van der Waals surface area contributed by atoms with Gasteiger partial charge in [0, 0.05) is 6.42 Å². The van der Waals surface area contributed by atoms with Crippen molar-refractivity contribution >= 4 is 11.9 Å². The molecular formula is C23H40O6. The van der Waals surface area contributed by atoms with Crippen LogP contribution in [0.15, 0.2) is 0 Å². The highest BCUT2D eigenvalue weighted by Gasteiger charge is 2.52. The number of ether oxygens (including phenoxy) is 3.